The van der Waals surface area contributed by atoms with Crippen LogP contribution in [0.25, 0.3) is 0 Å². The van der Waals surface area contributed by atoms with Crippen molar-refractivity contribution in [3.05, 3.63) is 47.8 Å². The van der Waals surface area contributed by atoms with Gasteiger partial charge < -0.3 is 15.1 Å². The molecule has 0 amide bonds. The van der Waals surface area contributed by atoms with Crippen molar-refractivity contribution in [3.63, 3.8) is 0 Å². The van der Waals surface area contributed by atoms with Crippen molar-refractivity contribution in [2.24, 2.45) is 4.99 Å². The molecule has 0 unspecified atom stereocenters. The molecule has 7 heteroatoms. The predicted octanol–water partition coefficient (Wildman–Crippen LogP) is 3.30. The molecule has 154 valence electrons. The normalized spacial score (nSPS) is 14.8. The summed E-state index contributed by atoms with van der Waals surface area (Å²) in [5, 5.41) is 7.98. The fraction of sp³-hybridized carbons (Fsp3) is 0.524. The molecule has 1 aliphatic heterocycles. The Kier molecular flexibility index (Phi) is 9.08. The molecule has 0 atom stereocenters. The quantitative estimate of drug-likeness (QED) is 0.289. The molecule has 0 bridgehead atoms. The Hall–Kier alpha value is -1.77. The van der Waals surface area contributed by atoms with Crippen LogP contribution in [0.5, 0.6) is 0 Å². The second-order valence-electron chi connectivity index (χ2n) is 7.05. The summed E-state index contributed by atoms with van der Waals surface area (Å²) >= 11 is 0. The number of rotatable bonds is 6. The van der Waals surface area contributed by atoms with Crippen molar-refractivity contribution < 1.29 is 0 Å². The number of halogens is 1. The van der Waals surface area contributed by atoms with Crippen LogP contribution in [-0.4, -0.2) is 59.9 Å². The predicted molar refractivity (Wildman–Crippen MR) is 128 cm³/mol. The van der Waals surface area contributed by atoms with Gasteiger partial charge >= 0.3 is 0 Å². The number of aliphatic imine (C=N–C) groups is 1. The molecule has 1 fully saturated rings. The molecule has 1 saturated heterocycles. The Labute approximate surface area is 186 Å². The zero-order valence-corrected chi connectivity index (χ0v) is 19.6. The Morgan fingerprint density at radius 1 is 1.11 bits per heavy atom. The minimum absolute atomic E-state index is 0. The minimum atomic E-state index is 0. The van der Waals surface area contributed by atoms with Gasteiger partial charge in [-0.1, -0.05) is 18.2 Å². The van der Waals surface area contributed by atoms with Crippen LogP contribution < -0.4 is 10.2 Å². The molecule has 0 aliphatic carbocycles. The largest absolute Gasteiger partial charge is 0.368 e. The lowest BCUT2D eigenvalue weighted by Gasteiger charge is -2.37. The monoisotopic (exact) mass is 496 g/mol. The molecule has 2 aromatic rings. The number of nitrogens with zero attached hydrogens (tertiary/aromatic N) is 5. The second kappa shape index (κ2) is 11.3. The van der Waals surface area contributed by atoms with Crippen LogP contribution in [0, 0.1) is 13.8 Å². The van der Waals surface area contributed by atoms with E-state index in [0.717, 1.165) is 63.9 Å². The molecule has 3 rings (SSSR count). The van der Waals surface area contributed by atoms with E-state index >= 15 is 0 Å². The zero-order valence-electron chi connectivity index (χ0n) is 17.3. The standard InChI is InChI=1S/C21H32N6.HI/c1-4-22-21(23-11-8-12-27-19(3)17-18(2)24-27)26-15-13-25(14-16-26)20-9-6-5-7-10-20;/h5-7,9-10,17H,4,8,11-16H2,1-3H3,(H,22,23);1H. The van der Waals surface area contributed by atoms with Crippen molar-refractivity contribution >= 4 is 35.6 Å². The molecule has 28 heavy (non-hydrogen) atoms. The summed E-state index contributed by atoms with van der Waals surface area (Å²) in [4.78, 5) is 9.69. The number of guanidine groups is 1. The first-order valence-corrected chi connectivity index (χ1v) is 10.0. The van der Waals surface area contributed by atoms with Crippen LogP contribution in [-0.2, 0) is 6.54 Å². The zero-order chi connectivity index (χ0) is 19.1. The Morgan fingerprint density at radius 3 is 2.43 bits per heavy atom. The fourth-order valence-corrected chi connectivity index (χ4v) is 3.55. The van der Waals surface area contributed by atoms with Crippen molar-refractivity contribution in [3.8, 4) is 0 Å². The molecular formula is C21H33IN6. The molecule has 0 saturated carbocycles. The van der Waals surface area contributed by atoms with Crippen molar-refractivity contribution in [2.45, 2.75) is 33.7 Å². The molecule has 1 aromatic carbocycles. The lowest BCUT2D eigenvalue weighted by Crippen LogP contribution is -2.52. The van der Waals surface area contributed by atoms with Gasteiger partial charge in [0.25, 0.3) is 0 Å². The van der Waals surface area contributed by atoms with Crippen molar-refractivity contribution in [2.75, 3.05) is 44.2 Å². The average Bonchev–Trinajstić information content (AvgIpc) is 3.02. The van der Waals surface area contributed by atoms with Gasteiger partial charge in [0, 0.05) is 57.2 Å². The Bertz CT molecular complexity index is 735. The van der Waals surface area contributed by atoms with Gasteiger partial charge in [0.1, 0.15) is 0 Å². The van der Waals surface area contributed by atoms with E-state index < -0.39 is 0 Å². The lowest BCUT2D eigenvalue weighted by molar-refractivity contribution is 0.372. The number of hydrogen-bond acceptors (Lipinski definition) is 3. The highest BCUT2D eigenvalue weighted by molar-refractivity contribution is 14.0. The topological polar surface area (TPSA) is 48.7 Å². The summed E-state index contributed by atoms with van der Waals surface area (Å²) in [5.41, 5.74) is 3.62. The van der Waals surface area contributed by atoms with E-state index in [1.807, 2.05) is 6.92 Å². The second-order valence-corrected chi connectivity index (χ2v) is 7.05. The fourth-order valence-electron chi connectivity index (χ4n) is 3.55. The number of aromatic nitrogens is 2. The first-order chi connectivity index (χ1) is 13.2. The van der Waals surface area contributed by atoms with E-state index in [-0.39, 0.29) is 24.0 Å². The third-order valence-corrected chi connectivity index (χ3v) is 4.93. The van der Waals surface area contributed by atoms with Crippen LogP contribution in [0.3, 0.4) is 0 Å². The summed E-state index contributed by atoms with van der Waals surface area (Å²) in [7, 11) is 0. The van der Waals surface area contributed by atoms with Crippen LogP contribution in [0.2, 0.25) is 0 Å². The van der Waals surface area contributed by atoms with E-state index in [0.29, 0.717) is 0 Å². The highest BCUT2D eigenvalue weighted by Crippen LogP contribution is 2.15. The van der Waals surface area contributed by atoms with Gasteiger partial charge in [0.05, 0.1) is 5.69 Å². The smallest absolute Gasteiger partial charge is 0.194 e. The summed E-state index contributed by atoms with van der Waals surface area (Å²) in [5.74, 6) is 1.04. The van der Waals surface area contributed by atoms with Crippen molar-refractivity contribution in [1.82, 2.24) is 20.0 Å². The van der Waals surface area contributed by atoms with E-state index in [2.05, 4.69) is 75.1 Å². The third-order valence-electron chi connectivity index (χ3n) is 4.93. The SMILES string of the molecule is CCNC(=NCCCn1nc(C)cc1C)N1CCN(c2ccccc2)CC1.I. The number of nitrogens with one attached hydrogen (secondary N) is 1. The van der Waals surface area contributed by atoms with Gasteiger partial charge in [-0.05, 0) is 45.4 Å². The van der Waals surface area contributed by atoms with Gasteiger partial charge in [-0.25, -0.2) is 0 Å². The molecule has 0 spiro atoms. The number of aryl methyl sites for hydroxylation is 3. The maximum absolute atomic E-state index is 4.86. The van der Waals surface area contributed by atoms with Crippen LogP contribution in [0.4, 0.5) is 5.69 Å². The molecule has 1 aliphatic rings. The maximum atomic E-state index is 4.86. The lowest BCUT2D eigenvalue weighted by atomic mass is 10.2. The third kappa shape index (κ3) is 6.12. The summed E-state index contributed by atoms with van der Waals surface area (Å²) in [6, 6.07) is 12.8. The van der Waals surface area contributed by atoms with Gasteiger partial charge in [0.15, 0.2) is 5.96 Å². The number of hydrogen-bond donors (Lipinski definition) is 1. The van der Waals surface area contributed by atoms with Crippen molar-refractivity contribution in [1.29, 1.82) is 0 Å². The number of anilines is 1. The van der Waals surface area contributed by atoms with Gasteiger partial charge in [-0.3, -0.25) is 9.67 Å². The average molecular weight is 496 g/mol. The highest BCUT2D eigenvalue weighted by atomic mass is 127. The van der Waals surface area contributed by atoms with Crippen LogP contribution in [0.1, 0.15) is 24.7 Å². The van der Waals surface area contributed by atoms with Crippen LogP contribution >= 0.6 is 24.0 Å². The van der Waals surface area contributed by atoms with E-state index in [1.165, 1.54) is 11.4 Å². The first kappa shape index (κ1) is 22.5. The summed E-state index contributed by atoms with van der Waals surface area (Å²) in [6.45, 7) is 13.0. The number of piperazine rings is 1. The Morgan fingerprint density at radius 2 is 1.82 bits per heavy atom. The van der Waals surface area contributed by atoms with Gasteiger partial charge in [0.2, 0.25) is 0 Å². The summed E-state index contributed by atoms with van der Waals surface area (Å²) in [6.07, 6.45) is 1.00. The number of benzene rings is 1. The van der Waals surface area contributed by atoms with E-state index in [4.69, 9.17) is 4.99 Å². The van der Waals surface area contributed by atoms with Gasteiger partial charge in [-0.2, -0.15) is 5.10 Å². The maximum Gasteiger partial charge on any atom is 0.194 e. The van der Waals surface area contributed by atoms with E-state index in [1.54, 1.807) is 0 Å². The molecule has 0 radical (unpaired) electrons. The van der Waals surface area contributed by atoms with Crippen LogP contribution in [0.15, 0.2) is 41.4 Å². The molecule has 1 aromatic heterocycles. The minimum Gasteiger partial charge on any atom is -0.368 e. The first-order valence-electron chi connectivity index (χ1n) is 10.0. The summed E-state index contributed by atoms with van der Waals surface area (Å²) < 4.78 is 2.08. The highest BCUT2D eigenvalue weighted by Gasteiger charge is 2.19. The molecule has 1 N–H and O–H groups in total. The van der Waals surface area contributed by atoms with Gasteiger partial charge in [-0.15, -0.1) is 24.0 Å². The molecule has 2 heterocycles. The number of para-hydroxylation sites is 1. The van der Waals surface area contributed by atoms with E-state index in [9.17, 15) is 0 Å². The molecular weight excluding hydrogens is 463 g/mol. The Balaban J connectivity index is 0.00000280. The molecule has 6 nitrogen and oxygen atoms in total.